The molecule has 0 saturated carbocycles. The first-order valence-corrected chi connectivity index (χ1v) is 6.67. The van der Waals surface area contributed by atoms with Gasteiger partial charge >= 0.3 is 0 Å². The average Bonchev–Trinajstić information content (AvgIpc) is 2.45. The molecule has 0 spiro atoms. The minimum Gasteiger partial charge on any atom is -0.484 e. The van der Waals surface area contributed by atoms with Crippen LogP contribution in [0.2, 0.25) is 0 Å². The van der Waals surface area contributed by atoms with Gasteiger partial charge in [-0.1, -0.05) is 13.8 Å². The van der Waals surface area contributed by atoms with Gasteiger partial charge in [-0.2, -0.15) is 0 Å². The maximum atomic E-state index is 12.0. The molecule has 0 radical (unpaired) electrons. The molecule has 0 aliphatic heterocycles. The standard InChI is InChI=1S/C15H21NO3/c1-3-9-16(10-4-2)15(18)12-19-14-7-5-13(11-17)6-8-14/h5-8,11H,3-4,9-10,12H2,1-2H3. The van der Waals surface area contributed by atoms with Crippen LogP contribution in [0.15, 0.2) is 24.3 Å². The summed E-state index contributed by atoms with van der Waals surface area (Å²) >= 11 is 0. The fraction of sp³-hybridized carbons (Fsp3) is 0.467. The minimum absolute atomic E-state index is 0.00293. The monoisotopic (exact) mass is 263 g/mol. The summed E-state index contributed by atoms with van der Waals surface area (Å²) in [6.45, 7) is 5.67. The molecule has 0 aliphatic carbocycles. The number of hydrogen-bond acceptors (Lipinski definition) is 3. The molecule has 4 heteroatoms. The third-order valence-electron chi connectivity index (χ3n) is 2.72. The van der Waals surface area contributed by atoms with E-state index in [0.29, 0.717) is 11.3 Å². The van der Waals surface area contributed by atoms with Crippen LogP contribution in [0.4, 0.5) is 0 Å². The van der Waals surface area contributed by atoms with Crippen LogP contribution in [0.5, 0.6) is 5.75 Å². The zero-order valence-corrected chi connectivity index (χ0v) is 11.6. The van der Waals surface area contributed by atoms with Crippen LogP contribution in [0, 0.1) is 0 Å². The van der Waals surface area contributed by atoms with Crippen molar-refractivity contribution in [1.82, 2.24) is 4.90 Å². The van der Waals surface area contributed by atoms with E-state index < -0.39 is 0 Å². The Kier molecular flexibility index (Phi) is 6.64. The molecule has 104 valence electrons. The number of hydrogen-bond donors (Lipinski definition) is 0. The molecular weight excluding hydrogens is 242 g/mol. The molecule has 1 aromatic rings. The highest BCUT2D eigenvalue weighted by Crippen LogP contribution is 2.11. The summed E-state index contributed by atoms with van der Waals surface area (Å²) in [6, 6.07) is 6.73. The number of rotatable bonds is 8. The van der Waals surface area contributed by atoms with Crippen LogP contribution in [-0.4, -0.2) is 36.8 Å². The van der Waals surface area contributed by atoms with Crippen molar-refractivity contribution in [2.75, 3.05) is 19.7 Å². The van der Waals surface area contributed by atoms with Crippen molar-refractivity contribution in [3.05, 3.63) is 29.8 Å². The summed E-state index contributed by atoms with van der Waals surface area (Å²) in [7, 11) is 0. The van der Waals surface area contributed by atoms with Gasteiger partial charge in [0.05, 0.1) is 0 Å². The number of nitrogens with zero attached hydrogens (tertiary/aromatic N) is 1. The smallest absolute Gasteiger partial charge is 0.260 e. The van der Waals surface area contributed by atoms with Gasteiger partial charge in [0, 0.05) is 18.7 Å². The van der Waals surface area contributed by atoms with Gasteiger partial charge in [-0.05, 0) is 37.1 Å². The molecule has 1 amide bonds. The molecule has 0 fully saturated rings. The number of aldehydes is 1. The molecule has 0 heterocycles. The topological polar surface area (TPSA) is 46.6 Å². The largest absolute Gasteiger partial charge is 0.484 e. The lowest BCUT2D eigenvalue weighted by Crippen LogP contribution is -2.36. The summed E-state index contributed by atoms with van der Waals surface area (Å²) in [4.78, 5) is 24.3. The number of benzene rings is 1. The van der Waals surface area contributed by atoms with Gasteiger partial charge in [-0.3, -0.25) is 9.59 Å². The van der Waals surface area contributed by atoms with Crippen LogP contribution in [0.25, 0.3) is 0 Å². The Labute approximate surface area is 114 Å². The lowest BCUT2D eigenvalue weighted by Gasteiger charge is -2.21. The number of carbonyl (C=O) groups is 2. The van der Waals surface area contributed by atoms with Crippen molar-refractivity contribution in [1.29, 1.82) is 0 Å². The number of ether oxygens (including phenoxy) is 1. The quantitative estimate of drug-likeness (QED) is 0.677. The minimum atomic E-state index is 0.00293. The Morgan fingerprint density at radius 3 is 2.21 bits per heavy atom. The second-order valence-corrected chi connectivity index (χ2v) is 4.36. The van der Waals surface area contributed by atoms with Crippen LogP contribution in [0.1, 0.15) is 37.0 Å². The first-order valence-electron chi connectivity index (χ1n) is 6.67. The van der Waals surface area contributed by atoms with Crippen molar-refractivity contribution in [2.24, 2.45) is 0 Å². The lowest BCUT2D eigenvalue weighted by atomic mass is 10.2. The fourth-order valence-corrected chi connectivity index (χ4v) is 1.78. The molecule has 0 aliphatic rings. The summed E-state index contributed by atoms with van der Waals surface area (Å²) in [5.41, 5.74) is 0.595. The summed E-state index contributed by atoms with van der Waals surface area (Å²) < 4.78 is 5.43. The van der Waals surface area contributed by atoms with Gasteiger partial charge in [0.2, 0.25) is 0 Å². The van der Waals surface area contributed by atoms with E-state index in [2.05, 4.69) is 13.8 Å². The lowest BCUT2D eigenvalue weighted by molar-refractivity contribution is -0.133. The second-order valence-electron chi connectivity index (χ2n) is 4.36. The average molecular weight is 263 g/mol. The van der Waals surface area contributed by atoms with Crippen LogP contribution >= 0.6 is 0 Å². The van der Waals surface area contributed by atoms with Gasteiger partial charge in [0.15, 0.2) is 6.61 Å². The number of amides is 1. The van der Waals surface area contributed by atoms with E-state index in [1.165, 1.54) is 0 Å². The molecule has 0 bridgehead atoms. The molecule has 0 saturated heterocycles. The van der Waals surface area contributed by atoms with Crippen LogP contribution < -0.4 is 4.74 Å². The van der Waals surface area contributed by atoms with E-state index in [0.717, 1.165) is 32.2 Å². The summed E-state index contributed by atoms with van der Waals surface area (Å²) in [5.74, 6) is 0.607. The SMILES string of the molecule is CCCN(CCC)C(=O)COc1ccc(C=O)cc1. The van der Waals surface area contributed by atoms with E-state index in [9.17, 15) is 9.59 Å². The zero-order chi connectivity index (χ0) is 14.1. The fourth-order valence-electron chi connectivity index (χ4n) is 1.78. The molecule has 0 N–H and O–H groups in total. The predicted octanol–water partition coefficient (Wildman–Crippen LogP) is 2.53. The van der Waals surface area contributed by atoms with Gasteiger partial charge < -0.3 is 9.64 Å². The molecular formula is C15H21NO3. The third-order valence-corrected chi connectivity index (χ3v) is 2.72. The highest BCUT2D eigenvalue weighted by molar-refractivity contribution is 5.78. The van der Waals surface area contributed by atoms with Crippen molar-refractivity contribution < 1.29 is 14.3 Å². The van der Waals surface area contributed by atoms with Gasteiger partial charge in [-0.25, -0.2) is 0 Å². The van der Waals surface area contributed by atoms with E-state index in [4.69, 9.17) is 4.74 Å². The first-order chi connectivity index (χ1) is 9.21. The molecule has 4 nitrogen and oxygen atoms in total. The van der Waals surface area contributed by atoms with Crippen molar-refractivity contribution in [3.8, 4) is 5.75 Å². The zero-order valence-electron chi connectivity index (χ0n) is 11.6. The number of carbonyl (C=O) groups excluding carboxylic acids is 2. The highest BCUT2D eigenvalue weighted by Gasteiger charge is 2.12. The summed E-state index contributed by atoms with van der Waals surface area (Å²) in [6.07, 6.45) is 2.67. The maximum absolute atomic E-state index is 12.0. The Morgan fingerprint density at radius 2 is 1.74 bits per heavy atom. The van der Waals surface area contributed by atoms with Crippen LogP contribution in [0.3, 0.4) is 0 Å². The maximum Gasteiger partial charge on any atom is 0.260 e. The Hall–Kier alpha value is -1.84. The Morgan fingerprint density at radius 1 is 1.16 bits per heavy atom. The Bertz CT molecular complexity index is 394. The van der Waals surface area contributed by atoms with E-state index in [1.54, 1.807) is 24.3 Å². The third kappa shape index (κ3) is 5.12. The normalized spacial score (nSPS) is 10.0. The van der Waals surface area contributed by atoms with E-state index >= 15 is 0 Å². The Balaban J connectivity index is 2.49. The predicted molar refractivity (Wildman–Crippen MR) is 74.5 cm³/mol. The van der Waals surface area contributed by atoms with E-state index in [-0.39, 0.29) is 12.5 Å². The molecule has 0 unspecified atom stereocenters. The molecule has 19 heavy (non-hydrogen) atoms. The first kappa shape index (κ1) is 15.2. The van der Waals surface area contributed by atoms with Crippen molar-refractivity contribution in [2.45, 2.75) is 26.7 Å². The molecule has 1 rings (SSSR count). The van der Waals surface area contributed by atoms with Crippen LogP contribution in [-0.2, 0) is 4.79 Å². The highest BCUT2D eigenvalue weighted by atomic mass is 16.5. The van der Waals surface area contributed by atoms with Gasteiger partial charge in [-0.15, -0.1) is 0 Å². The summed E-state index contributed by atoms with van der Waals surface area (Å²) in [5, 5.41) is 0. The molecule has 1 aromatic carbocycles. The second kappa shape index (κ2) is 8.29. The van der Waals surface area contributed by atoms with E-state index in [1.807, 2.05) is 4.90 Å². The molecule has 0 aromatic heterocycles. The van der Waals surface area contributed by atoms with Crippen molar-refractivity contribution in [3.63, 3.8) is 0 Å². The van der Waals surface area contributed by atoms with Gasteiger partial charge in [0.1, 0.15) is 12.0 Å². The van der Waals surface area contributed by atoms with Crippen molar-refractivity contribution >= 4 is 12.2 Å². The molecule has 0 atom stereocenters. The van der Waals surface area contributed by atoms with Gasteiger partial charge in [0.25, 0.3) is 5.91 Å².